The topological polar surface area (TPSA) is 43.4 Å². The third-order valence-electron chi connectivity index (χ3n) is 4.90. The number of halogens is 3. The van der Waals surface area contributed by atoms with E-state index in [4.69, 9.17) is 0 Å². The molecule has 0 amide bonds. The Hall–Kier alpha value is -3.32. The first kappa shape index (κ1) is 20.9. The predicted molar refractivity (Wildman–Crippen MR) is 115 cm³/mol. The fraction of sp³-hybridized carbons (Fsp3) is 0.0833. The van der Waals surface area contributed by atoms with Crippen molar-refractivity contribution >= 4 is 20.9 Å². The molecule has 0 aromatic heterocycles. The molecule has 0 N–H and O–H groups in total. The van der Waals surface area contributed by atoms with Gasteiger partial charge in [-0.25, -0.2) is 0 Å². The number of aryl methyl sites for hydroxylation is 1. The van der Waals surface area contributed by atoms with Crippen LogP contribution >= 0.6 is 0 Å². The van der Waals surface area contributed by atoms with E-state index < -0.39 is 15.6 Å². The van der Waals surface area contributed by atoms with Gasteiger partial charge in [-0.05, 0) is 40.5 Å². The minimum atomic E-state index is -5.84. The number of fused-ring (bicyclic) bond motifs is 1. The molecule has 4 aromatic rings. The van der Waals surface area contributed by atoms with Gasteiger partial charge in [0.15, 0.2) is 5.75 Å². The van der Waals surface area contributed by atoms with Crippen molar-refractivity contribution in [2.45, 2.75) is 12.4 Å². The highest BCUT2D eigenvalue weighted by atomic mass is 32.2. The average molecular weight is 442 g/mol. The lowest BCUT2D eigenvalue weighted by Gasteiger charge is -2.18. The van der Waals surface area contributed by atoms with Crippen molar-refractivity contribution in [2.75, 3.05) is 0 Å². The normalized spacial score (nSPS) is 12.1. The zero-order valence-electron chi connectivity index (χ0n) is 16.3. The molecule has 0 saturated carbocycles. The molecule has 0 aliphatic carbocycles. The highest BCUT2D eigenvalue weighted by Crippen LogP contribution is 2.43. The third kappa shape index (κ3) is 4.01. The summed E-state index contributed by atoms with van der Waals surface area (Å²) >= 11 is 0. The van der Waals surface area contributed by atoms with Gasteiger partial charge in [-0.2, -0.15) is 21.6 Å². The fourth-order valence-corrected chi connectivity index (χ4v) is 4.01. The van der Waals surface area contributed by atoms with Crippen molar-refractivity contribution in [2.24, 2.45) is 0 Å². The summed E-state index contributed by atoms with van der Waals surface area (Å²) in [5, 5.41) is 1.63. The Morgan fingerprint density at radius 2 is 1.42 bits per heavy atom. The van der Waals surface area contributed by atoms with Crippen LogP contribution in [-0.4, -0.2) is 13.9 Å². The van der Waals surface area contributed by atoms with E-state index in [-0.39, 0.29) is 11.3 Å². The lowest BCUT2D eigenvalue weighted by atomic mass is 9.90. The van der Waals surface area contributed by atoms with Gasteiger partial charge in [0, 0.05) is 5.56 Å². The highest BCUT2D eigenvalue weighted by Gasteiger charge is 2.49. The van der Waals surface area contributed by atoms with Crippen molar-refractivity contribution in [1.29, 1.82) is 0 Å². The van der Waals surface area contributed by atoms with E-state index in [1.165, 1.54) is 12.1 Å². The number of hydrogen-bond acceptors (Lipinski definition) is 3. The van der Waals surface area contributed by atoms with Crippen LogP contribution in [-0.2, 0) is 10.1 Å². The molecular formula is C24H17F3O3S. The van der Waals surface area contributed by atoms with E-state index in [9.17, 15) is 21.6 Å². The summed E-state index contributed by atoms with van der Waals surface area (Å²) in [5.41, 5.74) is -2.44. The maximum absolute atomic E-state index is 13.1. The monoisotopic (exact) mass is 442 g/mol. The Morgan fingerprint density at radius 3 is 2.16 bits per heavy atom. The van der Waals surface area contributed by atoms with E-state index in [2.05, 4.69) is 4.18 Å². The van der Waals surface area contributed by atoms with Gasteiger partial charge in [-0.1, -0.05) is 84.4 Å². The van der Waals surface area contributed by atoms with Crippen molar-refractivity contribution in [1.82, 2.24) is 0 Å². The van der Waals surface area contributed by atoms with Gasteiger partial charge < -0.3 is 4.18 Å². The maximum Gasteiger partial charge on any atom is 0.534 e. The van der Waals surface area contributed by atoms with Crippen molar-refractivity contribution in [3.8, 4) is 28.0 Å². The first-order valence-corrected chi connectivity index (χ1v) is 10.8. The lowest BCUT2D eigenvalue weighted by molar-refractivity contribution is -0.0499. The van der Waals surface area contributed by atoms with Gasteiger partial charge in [0.1, 0.15) is 0 Å². The summed E-state index contributed by atoms with van der Waals surface area (Å²) in [6, 6.07) is 24.6. The van der Waals surface area contributed by atoms with Gasteiger partial charge in [-0.3, -0.25) is 0 Å². The molecule has 0 unspecified atom stereocenters. The standard InChI is InChI=1S/C24H17F3O3S/c1-16-7-4-10-18(15-16)20-12-6-14-22(30-31(28,29)24(25,26)27)23(20)21-13-5-9-17-8-2-3-11-19(17)21/h2-15H,1H3. The summed E-state index contributed by atoms with van der Waals surface area (Å²) in [5.74, 6) is -0.382. The summed E-state index contributed by atoms with van der Waals surface area (Å²) in [4.78, 5) is 0. The Morgan fingerprint density at radius 1 is 0.774 bits per heavy atom. The molecule has 4 aromatic carbocycles. The Bertz CT molecular complexity index is 1370. The number of alkyl halides is 3. The van der Waals surface area contributed by atoms with Gasteiger partial charge in [0.05, 0.1) is 0 Å². The molecule has 0 radical (unpaired) electrons. The minimum Gasteiger partial charge on any atom is -0.375 e. The second-order valence-corrected chi connectivity index (χ2v) is 8.60. The van der Waals surface area contributed by atoms with Crippen LogP contribution < -0.4 is 4.18 Å². The second kappa shape index (κ2) is 7.74. The van der Waals surface area contributed by atoms with Crippen molar-refractivity contribution in [3.05, 3.63) is 90.5 Å². The Labute approximate surface area is 177 Å². The van der Waals surface area contributed by atoms with E-state index in [1.807, 2.05) is 61.5 Å². The van der Waals surface area contributed by atoms with Crippen LogP contribution in [0.15, 0.2) is 84.9 Å². The van der Waals surface area contributed by atoms with Crippen molar-refractivity contribution in [3.63, 3.8) is 0 Å². The highest BCUT2D eigenvalue weighted by molar-refractivity contribution is 7.88. The molecule has 31 heavy (non-hydrogen) atoms. The number of benzene rings is 4. The van der Waals surface area contributed by atoms with Crippen molar-refractivity contribution < 1.29 is 25.8 Å². The van der Waals surface area contributed by atoms with Crippen LogP contribution in [0.3, 0.4) is 0 Å². The molecule has 7 heteroatoms. The summed E-state index contributed by atoms with van der Waals surface area (Å²) in [6.45, 7) is 1.90. The van der Waals surface area contributed by atoms with E-state index in [0.717, 1.165) is 21.9 Å². The summed E-state index contributed by atoms with van der Waals surface area (Å²) in [7, 11) is -5.84. The van der Waals surface area contributed by atoms with E-state index in [0.29, 0.717) is 11.1 Å². The van der Waals surface area contributed by atoms with Crippen LogP contribution in [0.2, 0.25) is 0 Å². The molecule has 0 aliphatic rings. The zero-order valence-corrected chi connectivity index (χ0v) is 17.2. The summed E-state index contributed by atoms with van der Waals surface area (Å²) < 4.78 is 67.5. The second-order valence-electron chi connectivity index (χ2n) is 7.06. The molecule has 0 saturated heterocycles. The largest absolute Gasteiger partial charge is 0.534 e. The molecule has 0 spiro atoms. The van der Waals surface area contributed by atoms with Gasteiger partial charge in [-0.15, -0.1) is 0 Å². The maximum atomic E-state index is 13.1. The summed E-state index contributed by atoms with van der Waals surface area (Å²) in [6.07, 6.45) is 0. The van der Waals surface area contributed by atoms with Gasteiger partial charge in [0.2, 0.25) is 0 Å². The van der Waals surface area contributed by atoms with Crippen LogP contribution in [0.5, 0.6) is 5.75 Å². The molecule has 0 atom stereocenters. The fourth-order valence-electron chi connectivity index (χ4n) is 3.54. The number of rotatable bonds is 4. The Balaban J connectivity index is 2.05. The first-order chi connectivity index (χ1) is 14.7. The lowest BCUT2D eigenvalue weighted by Crippen LogP contribution is -2.28. The molecule has 3 nitrogen and oxygen atoms in total. The smallest absolute Gasteiger partial charge is 0.375 e. The molecule has 158 valence electrons. The Kier molecular flexibility index (Phi) is 5.23. The SMILES string of the molecule is Cc1cccc(-c2cccc(OS(=O)(=O)C(F)(F)F)c2-c2cccc3ccccc23)c1. The van der Waals surface area contributed by atoms with Crippen LogP contribution in [0, 0.1) is 6.92 Å². The minimum absolute atomic E-state index is 0.276. The number of hydrogen-bond donors (Lipinski definition) is 0. The third-order valence-corrected chi connectivity index (χ3v) is 5.86. The van der Waals surface area contributed by atoms with Crippen LogP contribution in [0.4, 0.5) is 13.2 Å². The van der Waals surface area contributed by atoms with E-state index >= 15 is 0 Å². The quantitative estimate of drug-likeness (QED) is 0.261. The zero-order chi connectivity index (χ0) is 22.2. The predicted octanol–water partition coefficient (Wildman–Crippen LogP) is 6.71. The van der Waals surface area contributed by atoms with Gasteiger partial charge in [0.25, 0.3) is 0 Å². The molecule has 0 heterocycles. The van der Waals surface area contributed by atoms with Gasteiger partial charge >= 0.3 is 15.6 Å². The molecule has 0 aliphatic heterocycles. The molecule has 0 bridgehead atoms. The first-order valence-electron chi connectivity index (χ1n) is 9.36. The van der Waals surface area contributed by atoms with E-state index in [1.54, 1.807) is 18.2 Å². The molecular weight excluding hydrogens is 425 g/mol. The van der Waals surface area contributed by atoms with Crippen LogP contribution in [0.25, 0.3) is 33.0 Å². The average Bonchev–Trinajstić information content (AvgIpc) is 2.72. The van der Waals surface area contributed by atoms with Crippen LogP contribution in [0.1, 0.15) is 5.56 Å². The molecule has 0 fully saturated rings. The molecule has 4 rings (SSSR count).